The molecular formula is C16H20FN3O3S2. The SMILES string of the molecule is CCc1ccc(S(=O)(=O)NCc2cnc(N3CCOCC3)c(F)c2)s1. The van der Waals surface area contributed by atoms with Gasteiger partial charge in [-0.05, 0) is 30.2 Å². The molecule has 0 aliphatic carbocycles. The van der Waals surface area contributed by atoms with Crippen molar-refractivity contribution in [3.63, 3.8) is 0 Å². The molecule has 0 saturated carbocycles. The molecule has 1 saturated heterocycles. The fourth-order valence-corrected chi connectivity index (χ4v) is 4.87. The summed E-state index contributed by atoms with van der Waals surface area (Å²) in [5.41, 5.74) is 0.477. The van der Waals surface area contributed by atoms with Gasteiger partial charge in [0.05, 0.1) is 13.2 Å². The lowest BCUT2D eigenvalue weighted by Gasteiger charge is -2.28. The number of nitrogens with one attached hydrogen (secondary N) is 1. The van der Waals surface area contributed by atoms with Crippen molar-refractivity contribution in [2.75, 3.05) is 31.2 Å². The van der Waals surface area contributed by atoms with E-state index in [9.17, 15) is 12.8 Å². The van der Waals surface area contributed by atoms with Gasteiger partial charge in [-0.3, -0.25) is 0 Å². The van der Waals surface area contributed by atoms with Crippen molar-refractivity contribution in [1.29, 1.82) is 0 Å². The van der Waals surface area contributed by atoms with E-state index in [1.54, 1.807) is 12.1 Å². The summed E-state index contributed by atoms with van der Waals surface area (Å²) in [6.07, 6.45) is 2.29. The standard InChI is InChI=1S/C16H20FN3O3S2/c1-2-13-3-4-15(24-13)25(21,22)19-11-12-9-14(17)16(18-10-12)20-5-7-23-8-6-20/h3-4,9-10,19H,2,5-8,11H2,1H3. The summed E-state index contributed by atoms with van der Waals surface area (Å²) >= 11 is 1.24. The molecule has 1 fully saturated rings. The molecule has 136 valence electrons. The number of ether oxygens (including phenoxy) is 1. The molecule has 0 spiro atoms. The van der Waals surface area contributed by atoms with Gasteiger partial charge < -0.3 is 9.64 Å². The Morgan fingerprint density at radius 3 is 2.76 bits per heavy atom. The van der Waals surface area contributed by atoms with Crippen LogP contribution in [0, 0.1) is 5.82 Å². The van der Waals surface area contributed by atoms with Crippen molar-refractivity contribution in [1.82, 2.24) is 9.71 Å². The molecule has 2 aromatic rings. The summed E-state index contributed by atoms with van der Waals surface area (Å²) in [6.45, 7) is 4.24. The highest BCUT2D eigenvalue weighted by atomic mass is 32.2. The van der Waals surface area contributed by atoms with E-state index in [2.05, 4.69) is 9.71 Å². The summed E-state index contributed by atoms with van der Waals surface area (Å²) in [4.78, 5) is 6.98. The molecule has 0 atom stereocenters. The van der Waals surface area contributed by atoms with Gasteiger partial charge in [-0.25, -0.2) is 22.5 Å². The summed E-state index contributed by atoms with van der Waals surface area (Å²) in [7, 11) is -3.60. The minimum Gasteiger partial charge on any atom is -0.378 e. The number of halogens is 1. The summed E-state index contributed by atoms with van der Waals surface area (Å²) in [5.74, 6) is -0.177. The van der Waals surface area contributed by atoms with Crippen LogP contribution in [0.5, 0.6) is 0 Å². The first-order valence-corrected chi connectivity index (χ1v) is 10.3. The van der Waals surface area contributed by atoms with E-state index in [-0.39, 0.29) is 16.6 Å². The molecule has 9 heteroatoms. The number of morpholine rings is 1. The van der Waals surface area contributed by atoms with Crippen LogP contribution in [0.3, 0.4) is 0 Å². The van der Waals surface area contributed by atoms with Gasteiger partial charge in [0, 0.05) is 30.7 Å². The first-order valence-electron chi connectivity index (χ1n) is 8.05. The van der Waals surface area contributed by atoms with Gasteiger partial charge in [0.15, 0.2) is 11.6 Å². The maximum Gasteiger partial charge on any atom is 0.250 e. The third kappa shape index (κ3) is 4.35. The van der Waals surface area contributed by atoms with Gasteiger partial charge in [0.25, 0.3) is 0 Å². The van der Waals surface area contributed by atoms with Crippen LogP contribution in [0.25, 0.3) is 0 Å². The molecule has 0 unspecified atom stereocenters. The molecule has 3 heterocycles. The molecule has 2 aromatic heterocycles. The molecule has 0 radical (unpaired) electrons. The Morgan fingerprint density at radius 2 is 2.12 bits per heavy atom. The average molecular weight is 385 g/mol. The molecule has 1 aliphatic rings. The maximum absolute atomic E-state index is 14.3. The van der Waals surface area contributed by atoms with Crippen molar-refractivity contribution < 1.29 is 17.5 Å². The number of hydrogen-bond acceptors (Lipinski definition) is 6. The predicted molar refractivity (Wildman–Crippen MR) is 94.9 cm³/mol. The Kier molecular flexibility index (Phi) is 5.67. The van der Waals surface area contributed by atoms with E-state index < -0.39 is 15.8 Å². The Labute approximate surface area is 150 Å². The normalized spacial score (nSPS) is 15.5. The summed E-state index contributed by atoms with van der Waals surface area (Å²) in [5, 5.41) is 0. The van der Waals surface area contributed by atoms with Crippen LogP contribution in [-0.4, -0.2) is 39.7 Å². The highest BCUT2D eigenvalue weighted by Crippen LogP contribution is 2.22. The van der Waals surface area contributed by atoms with E-state index in [1.165, 1.54) is 23.6 Å². The fraction of sp³-hybridized carbons (Fsp3) is 0.438. The van der Waals surface area contributed by atoms with Gasteiger partial charge >= 0.3 is 0 Å². The van der Waals surface area contributed by atoms with Crippen molar-refractivity contribution >= 4 is 27.2 Å². The minimum absolute atomic E-state index is 0.00496. The van der Waals surface area contributed by atoms with Crippen LogP contribution in [0.15, 0.2) is 28.6 Å². The zero-order chi connectivity index (χ0) is 17.9. The maximum atomic E-state index is 14.3. The van der Waals surface area contributed by atoms with E-state index in [0.717, 1.165) is 11.3 Å². The second-order valence-electron chi connectivity index (χ2n) is 5.65. The first-order chi connectivity index (χ1) is 12.0. The lowest BCUT2D eigenvalue weighted by atomic mass is 10.2. The van der Waals surface area contributed by atoms with Crippen LogP contribution < -0.4 is 9.62 Å². The molecule has 1 aliphatic heterocycles. The fourth-order valence-electron chi connectivity index (χ4n) is 2.52. The highest BCUT2D eigenvalue weighted by molar-refractivity contribution is 7.91. The van der Waals surface area contributed by atoms with Crippen LogP contribution >= 0.6 is 11.3 Å². The number of aromatic nitrogens is 1. The van der Waals surface area contributed by atoms with E-state index >= 15 is 0 Å². The molecule has 3 rings (SSSR count). The number of nitrogens with zero attached hydrogens (tertiary/aromatic N) is 2. The van der Waals surface area contributed by atoms with Gasteiger partial charge in [0.1, 0.15) is 4.21 Å². The smallest absolute Gasteiger partial charge is 0.250 e. The number of aryl methyl sites for hydroxylation is 1. The van der Waals surface area contributed by atoms with Crippen LogP contribution in [0.2, 0.25) is 0 Å². The van der Waals surface area contributed by atoms with Crippen molar-refractivity contribution in [2.24, 2.45) is 0 Å². The topological polar surface area (TPSA) is 71.5 Å². The molecule has 6 nitrogen and oxygen atoms in total. The van der Waals surface area contributed by atoms with Crippen LogP contribution in [0.4, 0.5) is 10.2 Å². The molecule has 25 heavy (non-hydrogen) atoms. The summed E-state index contributed by atoms with van der Waals surface area (Å²) < 4.78 is 46.9. The van der Waals surface area contributed by atoms with E-state index in [4.69, 9.17) is 4.74 Å². The van der Waals surface area contributed by atoms with Crippen molar-refractivity contribution in [3.8, 4) is 0 Å². The highest BCUT2D eigenvalue weighted by Gasteiger charge is 2.19. The van der Waals surface area contributed by atoms with Gasteiger partial charge in [-0.1, -0.05) is 6.92 Å². The van der Waals surface area contributed by atoms with Gasteiger partial charge in [0.2, 0.25) is 10.0 Å². The molecule has 0 aromatic carbocycles. The third-order valence-electron chi connectivity index (χ3n) is 3.91. The number of anilines is 1. The number of pyridine rings is 1. The third-order valence-corrected chi connectivity index (χ3v) is 7.03. The second-order valence-corrected chi connectivity index (χ2v) is 8.81. The number of hydrogen-bond donors (Lipinski definition) is 1. The molecule has 0 bridgehead atoms. The second kappa shape index (κ2) is 7.77. The van der Waals surface area contributed by atoms with Gasteiger partial charge in [-0.2, -0.15) is 0 Å². The predicted octanol–water partition coefficient (Wildman–Crippen LogP) is 2.16. The van der Waals surface area contributed by atoms with E-state index in [1.807, 2.05) is 11.8 Å². The van der Waals surface area contributed by atoms with Crippen molar-refractivity contribution in [2.45, 2.75) is 24.1 Å². The number of thiophene rings is 1. The molecular weight excluding hydrogens is 365 g/mol. The lowest BCUT2D eigenvalue weighted by Crippen LogP contribution is -2.37. The van der Waals surface area contributed by atoms with E-state index in [0.29, 0.717) is 31.9 Å². The largest absolute Gasteiger partial charge is 0.378 e. The van der Waals surface area contributed by atoms with Crippen LogP contribution in [0.1, 0.15) is 17.4 Å². The van der Waals surface area contributed by atoms with Gasteiger partial charge in [-0.15, -0.1) is 11.3 Å². The Balaban J connectivity index is 1.67. The number of sulfonamides is 1. The first kappa shape index (κ1) is 18.2. The number of rotatable bonds is 6. The average Bonchev–Trinajstić information content (AvgIpc) is 3.11. The zero-order valence-electron chi connectivity index (χ0n) is 13.9. The Morgan fingerprint density at radius 1 is 1.36 bits per heavy atom. The van der Waals surface area contributed by atoms with Crippen molar-refractivity contribution in [3.05, 3.63) is 40.7 Å². The molecule has 1 N–H and O–H groups in total. The monoisotopic (exact) mass is 385 g/mol. The lowest BCUT2D eigenvalue weighted by molar-refractivity contribution is 0.122. The summed E-state index contributed by atoms with van der Waals surface area (Å²) in [6, 6.07) is 4.72. The quantitative estimate of drug-likeness (QED) is 0.825. The Bertz CT molecular complexity index is 833. The minimum atomic E-state index is -3.60. The molecule has 0 amide bonds. The zero-order valence-corrected chi connectivity index (χ0v) is 15.5. The van der Waals surface area contributed by atoms with Crippen LogP contribution in [-0.2, 0) is 27.7 Å². The Hall–Kier alpha value is -1.55.